The number of rotatable bonds is 6. The summed E-state index contributed by atoms with van der Waals surface area (Å²) in [4.78, 5) is 12.2. The van der Waals surface area contributed by atoms with Crippen molar-refractivity contribution in [2.24, 2.45) is 0 Å². The second-order valence-electron chi connectivity index (χ2n) is 5.63. The molecule has 0 aliphatic heterocycles. The summed E-state index contributed by atoms with van der Waals surface area (Å²) < 4.78 is 25.0. The molecule has 0 aliphatic rings. The van der Waals surface area contributed by atoms with Crippen molar-refractivity contribution in [1.29, 1.82) is 0 Å². The van der Waals surface area contributed by atoms with Gasteiger partial charge in [-0.1, -0.05) is 36.2 Å². The molecule has 22 heavy (non-hydrogen) atoms. The Balaban J connectivity index is 3.12. The minimum Gasteiger partial charge on any atom is -0.350 e. The number of hydrogen-bond acceptors (Lipinski definition) is 3. The number of carbonyl (C=O) groups excluding carboxylic acids is 1. The van der Waals surface area contributed by atoms with Crippen LogP contribution >= 0.6 is 23.2 Å². The van der Waals surface area contributed by atoms with Gasteiger partial charge in [0.05, 0.1) is 22.0 Å². The third kappa shape index (κ3) is 5.04. The minimum absolute atomic E-state index is 0.0946. The normalized spacial score (nSPS) is 12.1. The molecule has 0 saturated heterocycles. The Kier molecular flexibility index (Phi) is 6.12. The first-order valence-electron chi connectivity index (χ1n) is 6.70. The smallest absolute Gasteiger partial charge is 0.241 e. The highest BCUT2D eigenvalue weighted by molar-refractivity contribution is 7.92. The van der Waals surface area contributed by atoms with Gasteiger partial charge in [0.1, 0.15) is 6.54 Å². The minimum atomic E-state index is -3.69. The molecule has 0 fully saturated rings. The van der Waals surface area contributed by atoms with E-state index in [2.05, 4.69) is 5.32 Å². The van der Waals surface area contributed by atoms with Crippen LogP contribution in [0, 0.1) is 0 Å². The van der Waals surface area contributed by atoms with Crippen LogP contribution in [-0.2, 0) is 14.8 Å². The monoisotopic (exact) mass is 366 g/mol. The zero-order valence-corrected chi connectivity index (χ0v) is 15.3. The number of carbonyl (C=O) groups is 1. The van der Waals surface area contributed by atoms with Crippen LogP contribution in [0.5, 0.6) is 0 Å². The lowest BCUT2D eigenvalue weighted by Crippen LogP contribution is -2.48. The average Bonchev–Trinajstić information content (AvgIpc) is 2.38. The number of hydrogen-bond donors (Lipinski definition) is 1. The van der Waals surface area contributed by atoms with Gasteiger partial charge >= 0.3 is 0 Å². The van der Waals surface area contributed by atoms with E-state index in [1.807, 2.05) is 20.8 Å². The van der Waals surface area contributed by atoms with Crippen LogP contribution in [0.25, 0.3) is 0 Å². The van der Waals surface area contributed by atoms with E-state index in [0.717, 1.165) is 17.0 Å². The standard InChI is InChI=1S/C14H20Cl2N2O3S/c1-5-14(2,3)17-12(19)9-18(22(4,20)21)11-8-6-7-10(15)13(11)16/h6-8H,5,9H2,1-4H3,(H,17,19). The number of benzene rings is 1. The van der Waals surface area contributed by atoms with Crippen LogP contribution in [0.15, 0.2) is 18.2 Å². The van der Waals surface area contributed by atoms with Gasteiger partial charge in [0.15, 0.2) is 0 Å². The molecule has 0 spiro atoms. The van der Waals surface area contributed by atoms with E-state index in [0.29, 0.717) is 0 Å². The van der Waals surface area contributed by atoms with Gasteiger partial charge in [-0.3, -0.25) is 9.10 Å². The number of sulfonamides is 1. The maximum atomic E-state index is 12.2. The molecule has 0 heterocycles. The molecule has 0 radical (unpaired) electrons. The van der Waals surface area contributed by atoms with Crippen LogP contribution in [0.2, 0.25) is 10.0 Å². The van der Waals surface area contributed by atoms with Crippen molar-refractivity contribution in [3.8, 4) is 0 Å². The summed E-state index contributed by atoms with van der Waals surface area (Å²) in [5, 5.41) is 3.11. The van der Waals surface area contributed by atoms with Gasteiger partial charge in [0, 0.05) is 5.54 Å². The fourth-order valence-corrected chi connectivity index (χ4v) is 3.01. The summed E-state index contributed by atoms with van der Waals surface area (Å²) in [5.74, 6) is -0.409. The lowest BCUT2D eigenvalue weighted by molar-refractivity contribution is -0.121. The van der Waals surface area contributed by atoms with E-state index in [4.69, 9.17) is 23.2 Å². The molecule has 0 bridgehead atoms. The zero-order valence-electron chi connectivity index (χ0n) is 13.0. The molecule has 1 amide bonds. The van der Waals surface area contributed by atoms with Crippen LogP contribution < -0.4 is 9.62 Å². The second kappa shape index (κ2) is 7.06. The van der Waals surface area contributed by atoms with E-state index < -0.39 is 21.5 Å². The highest BCUT2D eigenvalue weighted by Crippen LogP contribution is 2.33. The molecule has 5 nitrogen and oxygen atoms in total. The van der Waals surface area contributed by atoms with Crippen molar-refractivity contribution in [3.05, 3.63) is 28.2 Å². The topological polar surface area (TPSA) is 66.5 Å². The van der Waals surface area contributed by atoms with Crippen LogP contribution in [0.3, 0.4) is 0 Å². The Morgan fingerprint density at radius 1 is 1.32 bits per heavy atom. The van der Waals surface area contributed by atoms with Crippen molar-refractivity contribution in [3.63, 3.8) is 0 Å². The van der Waals surface area contributed by atoms with Gasteiger partial charge in [-0.15, -0.1) is 0 Å². The maximum Gasteiger partial charge on any atom is 0.241 e. The lowest BCUT2D eigenvalue weighted by Gasteiger charge is -2.28. The molecule has 1 rings (SSSR count). The SMILES string of the molecule is CCC(C)(C)NC(=O)CN(c1cccc(Cl)c1Cl)S(C)(=O)=O. The molecule has 0 unspecified atom stereocenters. The molecule has 0 aliphatic carbocycles. The molecule has 1 aromatic rings. The molecule has 124 valence electrons. The second-order valence-corrected chi connectivity index (χ2v) is 8.32. The highest BCUT2D eigenvalue weighted by atomic mass is 35.5. The van der Waals surface area contributed by atoms with Crippen molar-refractivity contribution in [2.45, 2.75) is 32.7 Å². The van der Waals surface area contributed by atoms with E-state index in [1.54, 1.807) is 12.1 Å². The van der Waals surface area contributed by atoms with Crippen molar-refractivity contribution < 1.29 is 13.2 Å². The van der Waals surface area contributed by atoms with E-state index in [1.165, 1.54) is 6.07 Å². The Labute approximate surface area is 141 Å². The Bertz CT molecular complexity index is 660. The molecule has 1 aromatic carbocycles. The Morgan fingerprint density at radius 2 is 1.91 bits per heavy atom. The van der Waals surface area contributed by atoms with Gasteiger partial charge in [-0.25, -0.2) is 8.42 Å². The van der Waals surface area contributed by atoms with Crippen molar-refractivity contribution >= 4 is 44.8 Å². The van der Waals surface area contributed by atoms with Crippen LogP contribution in [0.1, 0.15) is 27.2 Å². The predicted molar refractivity (Wildman–Crippen MR) is 91.2 cm³/mol. The summed E-state index contributed by atoms with van der Waals surface area (Å²) in [5.41, 5.74) is -0.237. The first-order valence-corrected chi connectivity index (χ1v) is 9.31. The summed E-state index contributed by atoms with van der Waals surface area (Å²) in [6, 6.07) is 4.64. The number of amides is 1. The lowest BCUT2D eigenvalue weighted by atomic mass is 10.0. The molecule has 8 heteroatoms. The van der Waals surface area contributed by atoms with E-state index >= 15 is 0 Å². The number of nitrogens with zero attached hydrogens (tertiary/aromatic N) is 1. The van der Waals surface area contributed by atoms with Gasteiger partial charge in [-0.05, 0) is 32.4 Å². The average molecular weight is 367 g/mol. The summed E-state index contributed by atoms with van der Waals surface area (Å²) >= 11 is 12.0. The van der Waals surface area contributed by atoms with E-state index in [-0.39, 0.29) is 22.3 Å². The van der Waals surface area contributed by atoms with Crippen molar-refractivity contribution in [1.82, 2.24) is 5.32 Å². The van der Waals surface area contributed by atoms with Gasteiger partial charge < -0.3 is 5.32 Å². The molecule has 0 aromatic heterocycles. The highest BCUT2D eigenvalue weighted by Gasteiger charge is 2.26. The Hall–Kier alpha value is -0.980. The maximum absolute atomic E-state index is 12.2. The van der Waals surface area contributed by atoms with Crippen LogP contribution in [-0.4, -0.2) is 32.7 Å². The van der Waals surface area contributed by atoms with Gasteiger partial charge in [-0.2, -0.15) is 0 Å². The molecule has 0 atom stereocenters. The Morgan fingerprint density at radius 3 is 2.41 bits per heavy atom. The first kappa shape index (κ1) is 19.1. The zero-order chi connectivity index (χ0) is 17.1. The molecular formula is C14H20Cl2N2O3S. The van der Waals surface area contributed by atoms with Crippen molar-refractivity contribution in [2.75, 3.05) is 17.1 Å². The van der Waals surface area contributed by atoms with Gasteiger partial charge in [0.2, 0.25) is 15.9 Å². The predicted octanol–water partition coefficient (Wildman–Crippen LogP) is 3.06. The summed E-state index contributed by atoms with van der Waals surface area (Å²) in [6.07, 6.45) is 1.73. The first-order chi connectivity index (χ1) is 9.98. The largest absolute Gasteiger partial charge is 0.350 e. The third-order valence-electron chi connectivity index (χ3n) is 3.25. The summed E-state index contributed by atoms with van der Waals surface area (Å²) in [6.45, 7) is 5.30. The molecular weight excluding hydrogens is 347 g/mol. The number of halogens is 2. The quantitative estimate of drug-likeness (QED) is 0.840. The summed E-state index contributed by atoms with van der Waals surface area (Å²) in [7, 11) is -3.69. The fourth-order valence-electron chi connectivity index (χ4n) is 1.70. The molecule has 1 N–H and O–H groups in total. The number of anilines is 1. The van der Waals surface area contributed by atoms with Crippen LogP contribution in [0.4, 0.5) is 5.69 Å². The third-order valence-corrected chi connectivity index (χ3v) is 5.18. The molecule has 0 saturated carbocycles. The number of nitrogens with one attached hydrogen (secondary N) is 1. The fraction of sp³-hybridized carbons (Fsp3) is 0.500. The van der Waals surface area contributed by atoms with Gasteiger partial charge in [0.25, 0.3) is 0 Å². The van der Waals surface area contributed by atoms with E-state index in [9.17, 15) is 13.2 Å².